The van der Waals surface area contributed by atoms with Gasteiger partial charge in [-0.05, 0) is 18.8 Å². The fourth-order valence-electron chi connectivity index (χ4n) is 1.55. The van der Waals surface area contributed by atoms with Crippen molar-refractivity contribution in [2.75, 3.05) is 47.5 Å². The highest BCUT2D eigenvalue weighted by Crippen LogP contribution is 2.28. The van der Waals surface area contributed by atoms with Gasteiger partial charge in [0.2, 0.25) is 0 Å². The fraction of sp³-hybridized carbons (Fsp3) is 0.917. The standard InChI is InChI=1S/C12H24N2O5S/c1-13(7-6-12(15)18-3)20(16,17)14(2)8-9-19-10-11-4-5-11/h11H,4-10H2,1-3H3. The lowest BCUT2D eigenvalue weighted by molar-refractivity contribution is -0.140. The lowest BCUT2D eigenvalue weighted by Crippen LogP contribution is -2.42. The molecule has 0 radical (unpaired) electrons. The molecule has 0 amide bonds. The van der Waals surface area contributed by atoms with Crippen LogP contribution >= 0.6 is 0 Å². The van der Waals surface area contributed by atoms with Crippen LogP contribution in [0.4, 0.5) is 0 Å². The molecule has 0 heterocycles. The molecule has 0 spiro atoms. The summed E-state index contributed by atoms with van der Waals surface area (Å²) in [5.41, 5.74) is 0. The molecule has 1 fully saturated rings. The lowest BCUT2D eigenvalue weighted by atomic mass is 10.4. The summed E-state index contributed by atoms with van der Waals surface area (Å²) in [7, 11) is 0.678. The first-order valence-corrected chi connectivity index (χ1v) is 8.09. The van der Waals surface area contributed by atoms with E-state index in [9.17, 15) is 13.2 Å². The SMILES string of the molecule is COC(=O)CCN(C)S(=O)(=O)N(C)CCOCC1CC1. The van der Waals surface area contributed by atoms with Crippen molar-refractivity contribution < 1.29 is 22.7 Å². The Morgan fingerprint density at radius 2 is 1.80 bits per heavy atom. The number of esters is 1. The number of methoxy groups -OCH3 is 1. The van der Waals surface area contributed by atoms with Crippen LogP contribution in [-0.2, 0) is 24.5 Å². The zero-order valence-electron chi connectivity index (χ0n) is 12.4. The Hall–Kier alpha value is -0.700. The van der Waals surface area contributed by atoms with Gasteiger partial charge in [0.1, 0.15) is 0 Å². The predicted octanol–water partition coefficient (Wildman–Crippen LogP) is 0.0845. The first-order valence-electron chi connectivity index (χ1n) is 6.70. The molecule has 0 bridgehead atoms. The third-order valence-corrected chi connectivity index (χ3v) is 5.19. The van der Waals surface area contributed by atoms with Crippen molar-refractivity contribution in [2.45, 2.75) is 19.3 Å². The molecule has 0 aromatic rings. The van der Waals surface area contributed by atoms with E-state index in [0.717, 1.165) is 4.31 Å². The minimum Gasteiger partial charge on any atom is -0.469 e. The van der Waals surface area contributed by atoms with E-state index in [1.165, 1.54) is 38.4 Å². The molecule has 1 aliphatic rings. The maximum absolute atomic E-state index is 12.1. The summed E-state index contributed by atoms with van der Waals surface area (Å²) < 4.78 is 36.5. The molecule has 118 valence electrons. The number of rotatable bonds is 10. The van der Waals surface area contributed by atoms with Gasteiger partial charge in [-0.3, -0.25) is 4.79 Å². The lowest BCUT2D eigenvalue weighted by Gasteiger charge is -2.24. The van der Waals surface area contributed by atoms with Gasteiger partial charge in [0.25, 0.3) is 10.2 Å². The van der Waals surface area contributed by atoms with Crippen LogP contribution in [0.25, 0.3) is 0 Å². The monoisotopic (exact) mass is 308 g/mol. The topological polar surface area (TPSA) is 76.2 Å². The average molecular weight is 308 g/mol. The van der Waals surface area contributed by atoms with Crippen LogP contribution in [0.5, 0.6) is 0 Å². The highest BCUT2D eigenvalue weighted by molar-refractivity contribution is 7.86. The Bertz CT molecular complexity index is 408. The molecular formula is C12H24N2O5S. The smallest absolute Gasteiger partial charge is 0.306 e. The van der Waals surface area contributed by atoms with E-state index in [2.05, 4.69) is 4.74 Å². The molecule has 0 aliphatic heterocycles. The summed E-state index contributed by atoms with van der Waals surface area (Å²) in [6.07, 6.45) is 2.47. The van der Waals surface area contributed by atoms with Crippen molar-refractivity contribution in [3.8, 4) is 0 Å². The average Bonchev–Trinajstić information content (AvgIpc) is 3.23. The maximum atomic E-state index is 12.1. The molecule has 1 aliphatic carbocycles. The molecule has 1 rings (SSSR count). The van der Waals surface area contributed by atoms with E-state index in [0.29, 0.717) is 25.7 Å². The summed E-state index contributed by atoms with van der Waals surface area (Å²) >= 11 is 0. The second-order valence-electron chi connectivity index (χ2n) is 5.00. The van der Waals surface area contributed by atoms with Gasteiger partial charge in [0, 0.05) is 33.8 Å². The summed E-state index contributed by atoms with van der Waals surface area (Å²) in [4.78, 5) is 11.0. The molecule has 0 unspecified atom stereocenters. The van der Waals surface area contributed by atoms with E-state index in [1.54, 1.807) is 0 Å². The van der Waals surface area contributed by atoms with Gasteiger partial charge in [-0.2, -0.15) is 17.0 Å². The van der Waals surface area contributed by atoms with Gasteiger partial charge in [-0.15, -0.1) is 0 Å². The number of likely N-dealkylation sites (N-methyl/N-ethyl adjacent to an activating group) is 1. The van der Waals surface area contributed by atoms with Gasteiger partial charge in [-0.1, -0.05) is 0 Å². The molecule has 1 saturated carbocycles. The summed E-state index contributed by atoms with van der Waals surface area (Å²) in [6, 6.07) is 0. The largest absolute Gasteiger partial charge is 0.469 e. The Labute approximate surface area is 121 Å². The molecule has 8 heteroatoms. The van der Waals surface area contributed by atoms with E-state index >= 15 is 0 Å². The number of carbonyl (C=O) groups is 1. The number of ether oxygens (including phenoxy) is 2. The quantitative estimate of drug-likeness (QED) is 0.422. The Balaban J connectivity index is 2.29. The molecule has 0 aromatic heterocycles. The van der Waals surface area contributed by atoms with Crippen LogP contribution in [0.2, 0.25) is 0 Å². The second-order valence-corrected chi connectivity index (χ2v) is 7.14. The summed E-state index contributed by atoms with van der Waals surface area (Å²) in [6.45, 7) is 1.50. The van der Waals surface area contributed by atoms with Crippen molar-refractivity contribution in [1.29, 1.82) is 0 Å². The van der Waals surface area contributed by atoms with Crippen molar-refractivity contribution >= 4 is 16.2 Å². The Morgan fingerprint density at radius 1 is 1.20 bits per heavy atom. The molecule has 0 aromatic carbocycles. The van der Waals surface area contributed by atoms with Crippen LogP contribution in [0.15, 0.2) is 0 Å². The molecule has 0 atom stereocenters. The van der Waals surface area contributed by atoms with Crippen LogP contribution in [0, 0.1) is 5.92 Å². The zero-order chi connectivity index (χ0) is 15.2. The van der Waals surface area contributed by atoms with Gasteiger partial charge < -0.3 is 9.47 Å². The molecule has 7 nitrogen and oxygen atoms in total. The number of hydrogen-bond donors (Lipinski definition) is 0. The normalized spacial score (nSPS) is 15.8. The van der Waals surface area contributed by atoms with Gasteiger partial charge in [0.15, 0.2) is 0 Å². The van der Waals surface area contributed by atoms with E-state index in [-0.39, 0.29) is 13.0 Å². The van der Waals surface area contributed by atoms with Gasteiger partial charge in [0.05, 0.1) is 20.1 Å². The highest BCUT2D eigenvalue weighted by atomic mass is 32.2. The summed E-state index contributed by atoms with van der Waals surface area (Å²) in [5, 5.41) is 0. The van der Waals surface area contributed by atoms with Crippen LogP contribution in [0.1, 0.15) is 19.3 Å². The van der Waals surface area contributed by atoms with Crippen molar-refractivity contribution in [3.63, 3.8) is 0 Å². The predicted molar refractivity (Wildman–Crippen MR) is 74.4 cm³/mol. The molecule has 0 saturated heterocycles. The van der Waals surface area contributed by atoms with Crippen LogP contribution in [-0.4, -0.2) is 70.5 Å². The Kier molecular flexibility index (Phi) is 6.87. The fourth-order valence-corrected chi connectivity index (χ4v) is 2.65. The number of nitrogens with zero attached hydrogens (tertiary/aromatic N) is 2. The Morgan fingerprint density at radius 3 is 2.35 bits per heavy atom. The van der Waals surface area contributed by atoms with Crippen LogP contribution < -0.4 is 0 Å². The van der Waals surface area contributed by atoms with Crippen LogP contribution in [0.3, 0.4) is 0 Å². The minimum absolute atomic E-state index is 0.0399. The highest BCUT2D eigenvalue weighted by Gasteiger charge is 2.25. The summed E-state index contributed by atoms with van der Waals surface area (Å²) in [5.74, 6) is 0.238. The van der Waals surface area contributed by atoms with E-state index in [4.69, 9.17) is 4.74 Å². The third-order valence-electron chi connectivity index (χ3n) is 3.25. The van der Waals surface area contributed by atoms with Gasteiger partial charge in [-0.25, -0.2) is 0 Å². The van der Waals surface area contributed by atoms with Crippen molar-refractivity contribution in [2.24, 2.45) is 5.92 Å². The zero-order valence-corrected chi connectivity index (χ0v) is 13.2. The first kappa shape index (κ1) is 17.4. The third kappa shape index (κ3) is 5.74. The molecule has 20 heavy (non-hydrogen) atoms. The molecular weight excluding hydrogens is 284 g/mol. The van der Waals surface area contributed by atoms with E-state index in [1.807, 2.05) is 0 Å². The minimum atomic E-state index is -3.55. The van der Waals surface area contributed by atoms with E-state index < -0.39 is 16.2 Å². The van der Waals surface area contributed by atoms with Crippen molar-refractivity contribution in [3.05, 3.63) is 0 Å². The first-order chi connectivity index (χ1) is 9.37. The molecule has 0 N–H and O–H groups in total. The number of carbonyl (C=O) groups excluding carboxylic acids is 1. The van der Waals surface area contributed by atoms with Crippen molar-refractivity contribution in [1.82, 2.24) is 8.61 Å². The maximum Gasteiger partial charge on any atom is 0.306 e. The van der Waals surface area contributed by atoms with Gasteiger partial charge >= 0.3 is 5.97 Å². The number of hydrogen-bond acceptors (Lipinski definition) is 5. The second kappa shape index (κ2) is 7.92.